The minimum Gasteiger partial charge on any atom is -0.456 e. The van der Waals surface area contributed by atoms with Crippen LogP contribution in [0.15, 0.2) is 126 Å². The number of rotatable bonds is 3. The Labute approximate surface area is 297 Å². The quantitative estimate of drug-likeness (QED) is 0.177. The standard InChI is InChI=1S/C47H37N3O/c1-46(2)38-24-23-31(26-36(38)37-25-30-22-21-28-13-8-9-16-32(28)35(30)27-39(37)47(46,3)4)44-48-43(29-14-6-5-7-15-29)49-45(50-44)34-18-12-20-41-42(34)33-17-10-11-19-40(33)51-41/h5-9,11-16,18-27H,10,17H2,1-4H3. The van der Waals surface area contributed by atoms with E-state index in [1.54, 1.807) is 0 Å². The topological polar surface area (TPSA) is 51.8 Å². The zero-order valence-electron chi connectivity index (χ0n) is 29.3. The van der Waals surface area contributed by atoms with Crippen LogP contribution in [0, 0.1) is 0 Å². The van der Waals surface area contributed by atoms with Crippen LogP contribution in [0.2, 0.25) is 0 Å². The van der Waals surface area contributed by atoms with Gasteiger partial charge >= 0.3 is 0 Å². The van der Waals surface area contributed by atoms with Crippen molar-refractivity contribution >= 4 is 38.6 Å². The first-order chi connectivity index (χ1) is 24.8. The van der Waals surface area contributed by atoms with Crippen LogP contribution in [0.3, 0.4) is 0 Å². The molecule has 4 heteroatoms. The lowest BCUT2D eigenvalue weighted by atomic mass is 9.55. The summed E-state index contributed by atoms with van der Waals surface area (Å²) in [5.41, 5.74) is 9.97. The molecule has 2 aliphatic carbocycles. The zero-order valence-corrected chi connectivity index (χ0v) is 29.3. The summed E-state index contributed by atoms with van der Waals surface area (Å²) in [6, 6.07) is 41.3. The molecule has 8 aromatic rings. The number of benzene rings is 6. The maximum atomic E-state index is 6.31. The lowest BCUT2D eigenvalue weighted by Gasteiger charge is -2.48. The number of aromatic nitrogens is 3. The van der Waals surface area contributed by atoms with Gasteiger partial charge in [-0.05, 0) is 97.8 Å². The third-order valence-corrected chi connectivity index (χ3v) is 11.9. The van der Waals surface area contributed by atoms with Crippen molar-refractivity contribution in [3.05, 3.63) is 144 Å². The second kappa shape index (κ2) is 10.8. The number of hydrogen-bond acceptors (Lipinski definition) is 4. The van der Waals surface area contributed by atoms with Crippen molar-refractivity contribution in [1.82, 2.24) is 15.0 Å². The van der Waals surface area contributed by atoms with Crippen LogP contribution in [0.25, 0.3) is 83.9 Å². The Bertz CT molecular complexity index is 2750. The van der Waals surface area contributed by atoms with Gasteiger partial charge in [0, 0.05) is 27.6 Å². The molecule has 0 saturated carbocycles. The minimum absolute atomic E-state index is 0.111. The van der Waals surface area contributed by atoms with E-state index in [-0.39, 0.29) is 10.8 Å². The Kier molecular flexibility index (Phi) is 6.36. The van der Waals surface area contributed by atoms with Crippen LogP contribution < -0.4 is 0 Å². The van der Waals surface area contributed by atoms with Gasteiger partial charge in [0.05, 0.1) is 0 Å². The highest BCUT2D eigenvalue weighted by atomic mass is 16.3. The van der Waals surface area contributed by atoms with Gasteiger partial charge in [-0.1, -0.05) is 125 Å². The van der Waals surface area contributed by atoms with Crippen LogP contribution in [0.4, 0.5) is 0 Å². The average molecular weight is 660 g/mol. The predicted octanol–water partition coefficient (Wildman–Crippen LogP) is 12.1. The monoisotopic (exact) mass is 659 g/mol. The molecule has 0 atom stereocenters. The Morgan fingerprint density at radius 1 is 0.549 bits per heavy atom. The molecule has 2 aromatic heterocycles. The van der Waals surface area contributed by atoms with E-state index in [0.717, 1.165) is 46.3 Å². The van der Waals surface area contributed by atoms with Gasteiger partial charge in [0.15, 0.2) is 17.5 Å². The summed E-state index contributed by atoms with van der Waals surface area (Å²) < 4.78 is 6.31. The van der Waals surface area contributed by atoms with Crippen LogP contribution in [-0.2, 0) is 17.3 Å². The number of nitrogens with zero attached hydrogens (tertiary/aromatic N) is 3. The lowest BCUT2D eigenvalue weighted by molar-refractivity contribution is 0.299. The Morgan fingerprint density at radius 2 is 1.27 bits per heavy atom. The molecule has 10 rings (SSSR count). The van der Waals surface area contributed by atoms with Gasteiger partial charge < -0.3 is 4.42 Å². The molecular formula is C47H37N3O. The summed E-state index contributed by atoms with van der Waals surface area (Å²) in [5.74, 6) is 2.90. The molecule has 0 radical (unpaired) electrons. The van der Waals surface area contributed by atoms with Crippen molar-refractivity contribution in [2.24, 2.45) is 0 Å². The second-order valence-electron chi connectivity index (χ2n) is 15.2. The molecule has 0 bridgehead atoms. The van der Waals surface area contributed by atoms with Crippen molar-refractivity contribution in [1.29, 1.82) is 0 Å². The highest BCUT2D eigenvalue weighted by Crippen LogP contribution is 2.55. The fourth-order valence-corrected chi connectivity index (χ4v) is 8.48. The molecular weight excluding hydrogens is 623 g/mol. The van der Waals surface area contributed by atoms with Gasteiger partial charge in [0.1, 0.15) is 11.3 Å². The van der Waals surface area contributed by atoms with Crippen LogP contribution in [-0.4, -0.2) is 15.0 Å². The van der Waals surface area contributed by atoms with Crippen LogP contribution in [0.1, 0.15) is 56.6 Å². The molecule has 6 aromatic carbocycles. The van der Waals surface area contributed by atoms with Crippen molar-refractivity contribution in [2.45, 2.75) is 51.4 Å². The SMILES string of the molecule is CC1(C)c2ccc(-c3nc(-c4ccccc4)nc(-c4cccc5oc6c(c45)CCC=C6)n3)cc2-c2cc3ccc4ccccc4c3cc2C1(C)C. The molecule has 2 heterocycles. The number of furan rings is 1. The number of fused-ring (bicyclic) bond motifs is 9. The molecule has 0 fully saturated rings. The van der Waals surface area contributed by atoms with E-state index in [1.807, 2.05) is 30.3 Å². The summed E-state index contributed by atoms with van der Waals surface area (Å²) >= 11 is 0. The first-order valence-electron chi connectivity index (χ1n) is 17.9. The zero-order chi connectivity index (χ0) is 34.5. The summed E-state index contributed by atoms with van der Waals surface area (Å²) in [5, 5.41) is 6.21. The van der Waals surface area contributed by atoms with E-state index < -0.39 is 0 Å². The lowest BCUT2D eigenvalue weighted by Crippen LogP contribution is -2.43. The molecule has 0 spiro atoms. The molecule has 2 aliphatic rings. The molecule has 246 valence electrons. The Balaban J connectivity index is 1.21. The fourth-order valence-electron chi connectivity index (χ4n) is 8.48. The van der Waals surface area contributed by atoms with Gasteiger partial charge in [-0.25, -0.2) is 15.0 Å². The van der Waals surface area contributed by atoms with E-state index in [0.29, 0.717) is 17.5 Å². The molecule has 0 amide bonds. The largest absolute Gasteiger partial charge is 0.456 e. The smallest absolute Gasteiger partial charge is 0.164 e. The Hall–Kier alpha value is -5.87. The van der Waals surface area contributed by atoms with Gasteiger partial charge in [-0.3, -0.25) is 0 Å². The molecule has 51 heavy (non-hydrogen) atoms. The van der Waals surface area contributed by atoms with E-state index >= 15 is 0 Å². The van der Waals surface area contributed by atoms with Crippen molar-refractivity contribution in [3.63, 3.8) is 0 Å². The third kappa shape index (κ3) is 4.42. The minimum atomic E-state index is -0.129. The number of hydrogen-bond donors (Lipinski definition) is 0. The summed E-state index contributed by atoms with van der Waals surface area (Å²) in [7, 11) is 0. The average Bonchev–Trinajstić information content (AvgIpc) is 3.56. The van der Waals surface area contributed by atoms with Gasteiger partial charge in [0.25, 0.3) is 0 Å². The molecule has 4 nitrogen and oxygen atoms in total. The van der Waals surface area contributed by atoms with Crippen molar-refractivity contribution < 1.29 is 4.42 Å². The fraction of sp³-hybridized carbons (Fsp3) is 0.170. The molecule has 0 N–H and O–H groups in total. The van der Waals surface area contributed by atoms with Crippen molar-refractivity contribution in [2.75, 3.05) is 0 Å². The first-order valence-corrected chi connectivity index (χ1v) is 17.9. The van der Waals surface area contributed by atoms with Gasteiger partial charge in [-0.15, -0.1) is 0 Å². The van der Waals surface area contributed by atoms with Gasteiger partial charge in [0.2, 0.25) is 0 Å². The van der Waals surface area contributed by atoms with Crippen molar-refractivity contribution in [3.8, 4) is 45.3 Å². The number of allylic oxidation sites excluding steroid dienone is 1. The summed E-state index contributed by atoms with van der Waals surface area (Å²) in [4.78, 5) is 15.5. The molecule has 0 saturated heterocycles. The van der Waals surface area contributed by atoms with Crippen LogP contribution >= 0.6 is 0 Å². The van der Waals surface area contributed by atoms with E-state index in [1.165, 1.54) is 49.4 Å². The highest BCUT2D eigenvalue weighted by molar-refractivity contribution is 6.09. The van der Waals surface area contributed by atoms with E-state index in [4.69, 9.17) is 19.4 Å². The van der Waals surface area contributed by atoms with E-state index in [9.17, 15) is 0 Å². The second-order valence-corrected chi connectivity index (χ2v) is 15.2. The Morgan fingerprint density at radius 3 is 2.14 bits per heavy atom. The highest BCUT2D eigenvalue weighted by Gasteiger charge is 2.46. The summed E-state index contributed by atoms with van der Waals surface area (Å²) in [6.07, 6.45) is 6.19. The maximum Gasteiger partial charge on any atom is 0.164 e. The predicted molar refractivity (Wildman–Crippen MR) is 210 cm³/mol. The molecule has 0 aliphatic heterocycles. The maximum absolute atomic E-state index is 6.31. The molecule has 0 unspecified atom stereocenters. The summed E-state index contributed by atoms with van der Waals surface area (Å²) in [6.45, 7) is 9.57. The van der Waals surface area contributed by atoms with E-state index in [2.05, 4.69) is 125 Å². The van der Waals surface area contributed by atoms with Gasteiger partial charge in [-0.2, -0.15) is 0 Å². The first kappa shape index (κ1) is 30.0. The number of aryl methyl sites for hydroxylation is 1. The normalized spacial score (nSPS) is 15.5. The van der Waals surface area contributed by atoms with Crippen LogP contribution in [0.5, 0.6) is 0 Å². The third-order valence-electron chi connectivity index (χ3n) is 11.9.